The first kappa shape index (κ1) is 13.0. The molecule has 0 unspecified atom stereocenters. The van der Waals surface area contributed by atoms with E-state index in [1.807, 2.05) is 36.4 Å². The Morgan fingerprint density at radius 3 is 2.50 bits per heavy atom. The molecule has 3 nitrogen and oxygen atoms in total. The van der Waals surface area contributed by atoms with Gasteiger partial charge in [-0.3, -0.25) is 0 Å². The Balaban J connectivity index is 2.08. The Labute approximate surface area is 120 Å². The second-order valence-electron chi connectivity index (χ2n) is 3.81. The summed E-state index contributed by atoms with van der Waals surface area (Å²) >= 11 is 2.26. The van der Waals surface area contributed by atoms with Crippen LogP contribution < -0.4 is 15.2 Å². The van der Waals surface area contributed by atoms with E-state index in [0.717, 1.165) is 17.1 Å². The molecule has 0 aliphatic rings. The number of ether oxygens (including phenoxy) is 2. The number of hydrogen-bond acceptors (Lipinski definition) is 3. The Kier molecular flexibility index (Phi) is 4.30. The predicted octanol–water partition coefficient (Wildman–Crippen LogP) is 3.46. The van der Waals surface area contributed by atoms with Gasteiger partial charge in [0.1, 0.15) is 18.1 Å². The van der Waals surface area contributed by atoms with E-state index in [9.17, 15) is 0 Å². The van der Waals surface area contributed by atoms with Gasteiger partial charge in [0.25, 0.3) is 0 Å². The third kappa shape index (κ3) is 3.29. The number of methoxy groups -OCH3 is 1. The first-order valence-electron chi connectivity index (χ1n) is 5.50. The smallest absolute Gasteiger partial charge is 0.127 e. The summed E-state index contributed by atoms with van der Waals surface area (Å²) in [6.07, 6.45) is 0. The van der Waals surface area contributed by atoms with Crippen molar-refractivity contribution < 1.29 is 9.47 Å². The summed E-state index contributed by atoms with van der Waals surface area (Å²) in [7, 11) is 1.63. The number of hydrogen-bond donors (Lipinski definition) is 1. The zero-order valence-electron chi connectivity index (χ0n) is 10.0. The van der Waals surface area contributed by atoms with E-state index < -0.39 is 0 Å². The summed E-state index contributed by atoms with van der Waals surface area (Å²) in [6.45, 7) is 0.462. The molecule has 0 aliphatic carbocycles. The highest BCUT2D eigenvalue weighted by Crippen LogP contribution is 2.23. The lowest BCUT2D eigenvalue weighted by Gasteiger charge is -2.11. The summed E-state index contributed by atoms with van der Waals surface area (Å²) in [4.78, 5) is 0. The van der Waals surface area contributed by atoms with Gasteiger partial charge in [0.2, 0.25) is 0 Å². The van der Waals surface area contributed by atoms with Gasteiger partial charge < -0.3 is 15.2 Å². The van der Waals surface area contributed by atoms with Crippen LogP contribution in [0.5, 0.6) is 11.5 Å². The molecule has 2 rings (SSSR count). The van der Waals surface area contributed by atoms with E-state index in [4.69, 9.17) is 15.2 Å². The van der Waals surface area contributed by atoms with Crippen LogP contribution in [0.2, 0.25) is 0 Å². The average Bonchev–Trinajstić information content (AvgIpc) is 2.39. The summed E-state index contributed by atoms with van der Waals surface area (Å²) in [5, 5.41) is 0. The van der Waals surface area contributed by atoms with Gasteiger partial charge >= 0.3 is 0 Å². The Hall–Kier alpha value is -1.43. The number of nitrogens with two attached hydrogens (primary N) is 1. The minimum atomic E-state index is 0.462. The molecule has 0 saturated carbocycles. The highest BCUT2D eigenvalue weighted by Gasteiger charge is 2.04. The molecule has 18 heavy (non-hydrogen) atoms. The molecule has 0 aliphatic heterocycles. The molecule has 0 spiro atoms. The van der Waals surface area contributed by atoms with Crippen molar-refractivity contribution in [2.24, 2.45) is 0 Å². The van der Waals surface area contributed by atoms with Crippen molar-refractivity contribution in [1.29, 1.82) is 0 Å². The number of anilines is 1. The lowest BCUT2D eigenvalue weighted by molar-refractivity contribution is 0.296. The van der Waals surface area contributed by atoms with Crippen molar-refractivity contribution in [3.05, 3.63) is 51.6 Å². The molecule has 0 heterocycles. The molecule has 0 amide bonds. The first-order chi connectivity index (χ1) is 8.69. The van der Waals surface area contributed by atoms with Crippen LogP contribution in [-0.2, 0) is 6.61 Å². The monoisotopic (exact) mass is 355 g/mol. The van der Waals surface area contributed by atoms with Crippen LogP contribution in [0.4, 0.5) is 5.69 Å². The molecule has 0 bridgehead atoms. The van der Waals surface area contributed by atoms with Gasteiger partial charge in [0.05, 0.1) is 7.11 Å². The quantitative estimate of drug-likeness (QED) is 0.675. The minimum Gasteiger partial charge on any atom is -0.496 e. The number of rotatable bonds is 4. The standard InChI is InChI=1S/C14H14INO2/c1-17-14-8-12(16)5-2-10(14)9-18-13-6-3-11(15)4-7-13/h2-8H,9,16H2,1H3. The van der Waals surface area contributed by atoms with Gasteiger partial charge in [-0.2, -0.15) is 0 Å². The molecule has 0 saturated heterocycles. The fourth-order valence-electron chi connectivity index (χ4n) is 1.57. The maximum absolute atomic E-state index is 5.71. The maximum atomic E-state index is 5.71. The zero-order valence-corrected chi connectivity index (χ0v) is 12.2. The highest BCUT2D eigenvalue weighted by atomic mass is 127. The molecule has 2 aromatic carbocycles. The number of halogens is 1. The van der Waals surface area contributed by atoms with Crippen LogP contribution in [0, 0.1) is 3.57 Å². The zero-order chi connectivity index (χ0) is 13.0. The Morgan fingerprint density at radius 2 is 1.83 bits per heavy atom. The van der Waals surface area contributed by atoms with Gasteiger partial charge in [0, 0.05) is 20.9 Å². The van der Waals surface area contributed by atoms with Crippen molar-refractivity contribution in [1.82, 2.24) is 0 Å². The normalized spacial score (nSPS) is 10.1. The van der Waals surface area contributed by atoms with Crippen molar-refractivity contribution in [3.8, 4) is 11.5 Å². The highest BCUT2D eigenvalue weighted by molar-refractivity contribution is 14.1. The molecular weight excluding hydrogens is 341 g/mol. The van der Waals surface area contributed by atoms with Crippen LogP contribution >= 0.6 is 22.6 Å². The topological polar surface area (TPSA) is 44.5 Å². The summed E-state index contributed by atoms with van der Waals surface area (Å²) in [5.41, 5.74) is 7.37. The van der Waals surface area contributed by atoms with E-state index in [0.29, 0.717) is 12.3 Å². The molecule has 0 radical (unpaired) electrons. The largest absolute Gasteiger partial charge is 0.496 e. The maximum Gasteiger partial charge on any atom is 0.127 e. The van der Waals surface area contributed by atoms with Crippen molar-refractivity contribution >= 4 is 28.3 Å². The van der Waals surface area contributed by atoms with Gasteiger partial charge in [-0.15, -0.1) is 0 Å². The van der Waals surface area contributed by atoms with E-state index in [-0.39, 0.29) is 0 Å². The van der Waals surface area contributed by atoms with Crippen LogP contribution in [0.25, 0.3) is 0 Å². The molecule has 0 fully saturated rings. The van der Waals surface area contributed by atoms with Gasteiger partial charge in [-0.1, -0.05) is 0 Å². The minimum absolute atomic E-state index is 0.462. The van der Waals surface area contributed by atoms with Crippen LogP contribution in [-0.4, -0.2) is 7.11 Å². The molecule has 2 aromatic rings. The Bertz CT molecular complexity index is 526. The third-order valence-corrected chi connectivity index (χ3v) is 3.24. The van der Waals surface area contributed by atoms with Crippen molar-refractivity contribution in [2.75, 3.05) is 12.8 Å². The molecule has 0 atom stereocenters. The van der Waals surface area contributed by atoms with E-state index in [2.05, 4.69) is 22.6 Å². The number of nitrogen functional groups attached to an aromatic ring is 1. The number of benzene rings is 2. The van der Waals surface area contributed by atoms with Gasteiger partial charge in [0.15, 0.2) is 0 Å². The molecule has 2 N–H and O–H groups in total. The summed E-state index contributed by atoms with van der Waals surface area (Å²) < 4.78 is 12.2. The molecule has 4 heteroatoms. The van der Waals surface area contributed by atoms with E-state index in [1.54, 1.807) is 13.2 Å². The second kappa shape index (κ2) is 5.95. The van der Waals surface area contributed by atoms with Crippen LogP contribution in [0.3, 0.4) is 0 Å². The summed E-state index contributed by atoms with van der Waals surface area (Å²) in [5.74, 6) is 1.59. The van der Waals surface area contributed by atoms with Crippen LogP contribution in [0.1, 0.15) is 5.56 Å². The molecular formula is C14H14INO2. The lowest BCUT2D eigenvalue weighted by atomic mass is 10.2. The average molecular weight is 355 g/mol. The SMILES string of the molecule is COc1cc(N)ccc1COc1ccc(I)cc1. The third-order valence-electron chi connectivity index (χ3n) is 2.52. The van der Waals surface area contributed by atoms with Gasteiger partial charge in [-0.25, -0.2) is 0 Å². The van der Waals surface area contributed by atoms with E-state index in [1.165, 1.54) is 3.57 Å². The molecule has 0 aromatic heterocycles. The fourth-order valence-corrected chi connectivity index (χ4v) is 1.93. The predicted molar refractivity (Wildman–Crippen MR) is 80.9 cm³/mol. The summed E-state index contributed by atoms with van der Waals surface area (Å²) in [6, 6.07) is 13.5. The Morgan fingerprint density at radius 1 is 1.11 bits per heavy atom. The van der Waals surface area contributed by atoms with Crippen molar-refractivity contribution in [3.63, 3.8) is 0 Å². The van der Waals surface area contributed by atoms with Crippen molar-refractivity contribution in [2.45, 2.75) is 6.61 Å². The first-order valence-corrected chi connectivity index (χ1v) is 6.57. The lowest BCUT2D eigenvalue weighted by Crippen LogP contribution is -1.99. The molecule has 94 valence electrons. The van der Waals surface area contributed by atoms with Gasteiger partial charge in [-0.05, 0) is 59.0 Å². The van der Waals surface area contributed by atoms with Crippen LogP contribution in [0.15, 0.2) is 42.5 Å². The second-order valence-corrected chi connectivity index (χ2v) is 5.06. The fraction of sp³-hybridized carbons (Fsp3) is 0.143. The van der Waals surface area contributed by atoms with E-state index >= 15 is 0 Å².